The van der Waals surface area contributed by atoms with Crippen LogP contribution in [0.5, 0.6) is 5.75 Å². The van der Waals surface area contributed by atoms with Gasteiger partial charge in [0.1, 0.15) is 5.75 Å². The van der Waals surface area contributed by atoms with Crippen LogP contribution in [0.15, 0.2) is 48.5 Å². The molecule has 0 aliphatic rings. The number of rotatable bonds is 9. The van der Waals surface area contributed by atoms with E-state index < -0.39 is 0 Å². The third kappa shape index (κ3) is 6.51. The molecule has 0 radical (unpaired) electrons. The number of ether oxygens (including phenoxy) is 1. The van der Waals surface area contributed by atoms with Crippen molar-refractivity contribution in [2.24, 2.45) is 5.92 Å². The Hall–Kier alpha value is -1.71. The molecule has 0 bridgehead atoms. The molecule has 0 unspecified atom stereocenters. The molecule has 0 heterocycles. The predicted molar refractivity (Wildman–Crippen MR) is 98.4 cm³/mol. The summed E-state index contributed by atoms with van der Waals surface area (Å²) < 4.78 is 5.67. The largest absolute Gasteiger partial charge is 0.493 e. The second-order valence-electron chi connectivity index (χ2n) is 5.92. The summed E-state index contributed by atoms with van der Waals surface area (Å²) in [5.41, 5.74) is 2.22. The molecule has 2 rings (SSSR count). The van der Waals surface area contributed by atoms with Gasteiger partial charge in [0.2, 0.25) is 0 Å². The number of hydrogen-bond acceptors (Lipinski definition) is 3. The summed E-state index contributed by atoms with van der Waals surface area (Å²) in [6.07, 6.45) is 0. The summed E-state index contributed by atoms with van der Waals surface area (Å²) in [5.74, 6) is 1.46. The molecule has 23 heavy (non-hydrogen) atoms. The van der Waals surface area contributed by atoms with E-state index in [9.17, 15) is 0 Å². The minimum atomic E-state index is 0.539. The van der Waals surface area contributed by atoms with Crippen molar-refractivity contribution < 1.29 is 4.74 Å². The molecule has 0 amide bonds. The molecular weight excluding hydrogens is 308 g/mol. The van der Waals surface area contributed by atoms with Gasteiger partial charge in [-0.1, -0.05) is 43.6 Å². The van der Waals surface area contributed by atoms with Crippen LogP contribution in [0.25, 0.3) is 0 Å². The van der Waals surface area contributed by atoms with Crippen LogP contribution < -0.4 is 15.4 Å². The van der Waals surface area contributed by atoms with Crippen LogP contribution in [0.4, 0.5) is 5.69 Å². The van der Waals surface area contributed by atoms with Crippen molar-refractivity contribution in [1.29, 1.82) is 0 Å². The molecule has 0 fully saturated rings. The zero-order valence-electron chi connectivity index (χ0n) is 13.8. The van der Waals surface area contributed by atoms with Crippen molar-refractivity contribution in [3.63, 3.8) is 0 Å². The fourth-order valence-corrected chi connectivity index (χ4v) is 2.29. The van der Waals surface area contributed by atoms with Crippen molar-refractivity contribution in [1.82, 2.24) is 5.32 Å². The van der Waals surface area contributed by atoms with E-state index in [1.165, 1.54) is 0 Å². The molecule has 124 valence electrons. The second kappa shape index (κ2) is 9.43. The van der Waals surface area contributed by atoms with Crippen LogP contribution in [0.2, 0.25) is 5.02 Å². The third-order valence-corrected chi connectivity index (χ3v) is 3.71. The van der Waals surface area contributed by atoms with Crippen LogP contribution in [-0.4, -0.2) is 19.7 Å². The normalized spacial score (nSPS) is 10.8. The standard InChI is InChI=1S/C19H25ClN2O/c1-15(2)14-23-18-9-7-17(8-10-18)22-12-11-21-13-16-5-3-4-6-19(16)20/h3-10,15,21-22H,11-14H2,1-2H3. The summed E-state index contributed by atoms with van der Waals surface area (Å²) in [5, 5.41) is 7.58. The Morgan fingerprint density at radius 1 is 1.00 bits per heavy atom. The highest BCUT2D eigenvalue weighted by Crippen LogP contribution is 2.16. The van der Waals surface area contributed by atoms with Crippen molar-refractivity contribution in [2.45, 2.75) is 20.4 Å². The number of hydrogen-bond donors (Lipinski definition) is 2. The summed E-state index contributed by atoms with van der Waals surface area (Å²) in [6.45, 7) is 7.55. The Bertz CT molecular complexity index is 584. The topological polar surface area (TPSA) is 33.3 Å². The van der Waals surface area contributed by atoms with Gasteiger partial charge in [0.15, 0.2) is 0 Å². The van der Waals surface area contributed by atoms with Gasteiger partial charge < -0.3 is 15.4 Å². The van der Waals surface area contributed by atoms with E-state index in [1.54, 1.807) is 0 Å². The fourth-order valence-electron chi connectivity index (χ4n) is 2.09. The van der Waals surface area contributed by atoms with Gasteiger partial charge in [-0.05, 0) is 41.8 Å². The van der Waals surface area contributed by atoms with E-state index in [0.29, 0.717) is 5.92 Å². The van der Waals surface area contributed by atoms with Gasteiger partial charge in [0, 0.05) is 30.3 Å². The Kier molecular flexibility index (Phi) is 7.24. The lowest BCUT2D eigenvalue weighted by atomic mass is 10.2. The van der Waals surface area contributed by atoms with E-state index in [1.807, 2.05) is 48.5 Å². The van der Waals surface area contributed by atoms with Gasteiger partial charge in [0.05, 0.1) is 6.61 Å². The smallest absolute Gasteiger partial charge is 0.119 e. The summed E-state index contributed by atoms with van der Waals surface area (Å²) in [6, 6.07) is 16.0. The first-order chi connectivity index (χ1) is 11.1. The van der Waals surface area contributed by atoms with Gasteiger partial charge in [-0.3, -0.25) is 0 Å². The zero-order valence-corrected chi connectivity index (χ0v) is 14.6. The molecule has 0 saturated carbocycles. The van der Waals surface area contributed by atoms with Crippen LogP contribution in [0, 0.1) is 5.92 Å². The monoisotopic (exact) mass is 332 g/mol. The molecule has 2 N–H and O–H groups in total. The molecule has 0 saturated heterocycles. The third-order valence-electron chi connectivity index (χ3n) is 3.34. The second-order valence-corrected chi connectivity index (χ2v) is 6.33. The van der Waals surface area contributed by atoms with E-state index in [0.717, 1.165) is 48.3 Å². The van der Waals surface area contributed by atoms with Gasteiger partial charge in [-0.25, -0.2) is 0 Å². The maximum atomic E-state index is 6.13. The van der Waals surface area contributed by atoms with Crippen molar-refractivity contribution in [3.05, 3.63) is 59.1 Å². The molecule has 0 aliphatic heterocycles. The molecule has 0 atom stereocenters. The minimum Gasteiger partial charge on any atom is -0.493 e. The predicted octanol–water partition coefficient (Wildman–Crippen LogP) is 4.58. The van der Waals surface area contributed by atoms with Crippen LogP contribution in [0.3, 0.4) is 0 Å². The van der Waals surface area contributed by atoms with E-state index >= 15 is 0 Å². The maximum Gasteiger partial charge on any atom is 0.119 e. The Morgan fingerprint density at radius 3 is 2.43 bits per heavy atom. The quantitative estimate of drug-likeness (QED) is 0.660. The average Bonchev–Trinajstić information content (AvgIpc) is 2.55. The van der Waals surface area contributed by atoms with Gasteiger partial charge >= 0.3 is 0 Å². The summed E-state index contributed by atoms with van der Waals surface area (Å²) >= 11 is 6.13. The van der Waals surface area contributed by atoms with E-state index in [2.05, 4.69) is 24.5 Å². The van der Waals surface area contributed by atoms with Crippen molar-refractivity contribution in [3.8, 4) is 5.75 Å². The van der Waals surface area contributed by atoms with Crippen LogP contribution in [-0.2, 0) is 6.54 Å². The van der Waals surface area contributed by atoms with Crippen molar-refractivity contribution >= 4 is 17.3 Å². The van der Waals surface area contributed by atoms with Crippen LogP contribution >= 0.6 is 11.6 Å². The van der Waals surface area contributed by atoms with Gasteiger partial charge in [0.25, 0.3) is 0 Å². The first kappa shape index (κ1) is 17.6. The molecule has 0 spiro atoms. The molecule has 2 aromatic carbocycles. The van der Waals surface area contributed by atoms with Gasteiger partial charge in [-0.15, -0.1) is 0 Å². The SMILES string of the molecule is CC(C)COc1ccc(NCCNCc2ccccc2Cl)cc1. The zero-order chi connectivity index (χ0) is 16.5. The minimum absolute atomic E-state index is 0.539. The first-order valence-electron chi connectivity index (χ1n) is 8.06. The van der Waals surface area contributed by atoms with E-state index in [-0.39, 0.29) is 0 Å². The molecule has 2 aromatic rings. The molecule has 0 aromatic heterocycles. The first-order valence-corrected chi connectivity index (χ1v) is 8.44. The van der Waals surface area contributed by atoms with Crippen molar-refractivity contribution in [2.75, 3.05) is 25.0 Å². The van der Waals surface area contributed by atoms with E-state index in [4.69, 9.17) is 16.3 Å². The molecule has 3 nitrogen and oxygen atoms in total. The Balaban J connectivity index is 1.65. The highest BCUT2D eigenvalue weighted by Gasteiger charge is 1.99. The number of anilines is 1. The Labute approximate surface area is 144 Å². The highest BCUT2D eigenvalue weighted by molar-refractivity contribution is 6.31. The number of benzene rings is 2. The maximum absolute atomic E-state index is 6.13. The van der Waals surface area contributed by atoms with Gasteiger partial charge in [-0.2, -0.15) is 0 Å². The number of nitrogens with one attached hydrogen (secondary N) is 2. The average molecular weight is 333 g/mol. The lowest BCUT2D eigenvalue weighted by molar-refractivity contribution is 0.271. The van der Waals surface area contributed by atoms with Crippen LogP contribution in [0.1, 0.15) is 19.4 Å². The lowest BCUT2D eigenvalue weighted by Crippen LogP contribution is -2.21. The molecule has 0 aliphatic carbocycles. The Morgan fingerprint density at radius 2 is 1.74 bits per heavy atom. The highest BCUT2D eigenvalue weighted by atomic mass is 35.5. The number of halogens is 1. The summed E-state index contributed by atoms with van der Waals surface area (Å²) in [7, 11) is 0. The fraction of sp³-hybridized carbons (Fsp3) is 0.368. The molecule has 4 heteroatoms. The molecular formula is C19H25ClN2O. The summed E-state index contributed by atoms with van der Waals surface area (Å²) in [4.78, 5) is 0. The lowest BCUT2D eigenvalue weighted by Gasteiger charge is -2.11.